The maximum atomic E-state index is 10.0. The number of piperidine rings is 1. The predicted octanol–water partition coefficient (Wildman–Crippen LogP) is 4.79. The molecule has 4 rings (SSSR count). The van der Waals surface area contributed by atoms with E-state index in [1.807, 2.05) is 6.07 Å². The summed E-state index contributed by atoms with van der Waals surface area (Å²) < 4.78 is 0. The van der Waals surface area contributed by atoms with Gasteiger partial charge in [-0.25, -0.2) is 0 Å². The molecule has 1 saturated heterocycles. The molecule has 1 fully saturated rings. The highest BCUT2D eigenvalue weighted by molar-refractivity contribution is 5.80. The third-order valence-corrected chi connectivity index (χ3v) is 6.31. The van der Waals surface area contributed by atoms with Crippen LogP contribution in [0.4, 0.5) is 0 Å². The summed E-state index contributed by atoms with van der Waals surface area (Å²) in [5, 5.41) is 11.3. The zero-order chi connectivity index (χ0) is 18.6. The van der Waals surface area contributed by atoms with E-state index < -0.39 is 0 Å². The van der Waals surface area contributed by atoms with E-state index in [1.54, 1.807) is 0 Å². The number of rotatable bonds is 6. The highest BCUT2D eigenvalue weighted by Gasteiger charge is 2.32. The lowest BCUT2D eigenvalue weighted by Gasteiger charge is -2.42. The molecule has 0 aliphatic carbocycles. The van der Waals surface area contributed by atoms with Crippen LogP contribution in [0.2, 0.25) is 0 Å². The maximum absolute atomic E-state index is 10.0. The Morgan fingerprint density at radius 3 is 2.59 bits per heavy atom. The predicted molar refractivity (Wildman–Crippen MR) is 112 cm³/mol. The van der Waals surface area contributed by atoms with Gasteiger partial charge in [0.25, 0.3) is 0 Å². The van der Waals surface area contributed by atoms with Gasteiger partial charge >= 0.3 is 0 Å². The minimum atomic E-state index is 0.120. The number of H-pyrrole nitrogens is 1. The molecule has 2 N–H and O–H groups in total. The molecule has 3 aromatic rings. The fraction of sp³-hybridized carbons (Fsp3) is 0.417. The van der Waals surface area contributed by atoms with Gasteiger partial charge < -0.3 is 10.1 Å². The van der Waals surface area contributed by atoms with Crippen LogP contribution in [0.15, 0.2) is 60.7 Å². The Bertz CT molecular complexity index is 824. The molecule has 0 unspecified atom stereocenters. The molecule has 0 amide bonds. The first kappa shape index (κ1) is 18.3. The van der Waals surface area contributed by atoms with Crippen molar-refractivity contribution in [1.29, 1.82) is 0 Å². The first-order valence-electron chi connectivity index (χ1n) is 10.2. The Kier molecular flexibility index (Phi) is 5.61. The zero-order valence-corrected chi connectivity index (χ0v) is 16.1. The number of aromatic nitrogens is 1. The average Bonchev–Trinajstić information content (AvgIpc) is 3.12. The number of fused-ring (bicyclic) bond motifs is 1. The number of aromatic amines is 1. The van der Waals surface area contributed by atoms with Crippen molar-refractivity contribution in [2.45, 2.75) is 32.2 Å². The number of hydrogen-bond donors (Lipinski definition) is 2. The van der Waals surface area contributed by atoms with E-state index in [4.69, 9.17) is 0 Å². The van der Waals surface area contributed by atoms with Crippen molar-refractivity contribution in [2.75, 3.05) is 19.7 Å². The van der Waals surface area contributed by atoms with Gasteiger partial charge in [-0.1, -0.05) is 61.9 Å². The van der Waals surface area contributed by atoms with Gasteiger partial charge in [-0.3, -0.25) is 4.90 Å². The summed E-state index contributed by atoms with van der Waals surface area (Å²) in [7, 11) is 0. The first-order valence-corrected chi connectivity index (χ1v) is 10.2. The van der Waals surface area contributed by atoms with Crippen LogP contribution in [0.3, 0.4) is 0 Å². The summed E-state index contributed by atoms with van der Waals surface area (Å²) in [4.78, 5) is 6.10. The van der Waals surface area contributed by atoms with Crippen LogP contribution >= 0.6 is 0 Å². The van der Waals surface area contributed by atoms with Gasteiger partial charge in [-0.15, -0.1) is 0 Å². The second-order valence-corrected chi connectivity index (χ2v) is 7.91. The average molecular weight is 363 g/mol. The van der Waals surface area contributed by atoms with E-state index in [9.17, 15) is 5.11 Å². The van der Waals surface area contributed by atoms with Gasteiger partial charge in [0.1, 0.15) is 0 Å². The standard InChI is InChI=1S/C24H30N2O/c1-2-18-16-26(24(17-27)19-8-4-3-5-9-19)13-12-20(18)14-22-15-21-10-6-7-11-23(21)25-22/h3-11,15,18,20,24-25,27H,2,12-14,16-17H2,1H3/t18-,20-,24+/m1/s1. The van der Waals surface area contributed by atoms with Crippen LogP contribution in [0.5, 0.6) is 0 Å². The highest BCUT2D eigenvalue weighted by atomic mass is 16.3. The molecule has 3 atom stereocenters. The fourth-order valence-corrected chi connectivity index (χ4v) is 4.76. The summed E-state index contributed by atoms with van der Waals surface area (Å²) in [6, 6.07) is 21.4. The van der Waals surface area contributed by atoms with Crippen LogP contribution in [0.1, 0.15) is 37.1 Å². The zero-order valence-electron chi connectivity index (χ0n) is 16.1. The second-order valence-electron chi connectivity index (χ2n) is 7.91. The number of aliphatic hydroxyl groups excluding tert-OH is 1. The van der Waals surface area contributed by atoms with Crippen LogP contribution in [0.25, 0.3) is 10.9 Å². The first-order chi connectivity index (χ1) is 13.3. The van der Waals surface area contributed by atoms with Gasteiger partial charge in [0.2, 0.25) is 0 Å². The topological polar surface area (TPSA) is 39.3 Å². The van der Waals surface area contributed by atoms with Gasteiger partial charge in [0.15, 0.2) is 0 Å². The molecule has 0 radical (unpaired) electrons. The van der Waals surface area contributed by atoms with Gasteiger partial charge in [-0.2, -0.15) is 0 Å². The number of para-hydroxylation sites is 1. The summed E-state index contributed by atoms with van der Waals surface area (Å²) in [6.45, 7) is 4.62. The van der Waals surface area contributed by atoms with E-state index in [0.29, 0.717) is 11.8 Å². The molecule has 0 spiro atoms. The maximum Gasteiger partial charge on any atom is 0.0628 e. The lowest BCUT2D eigenvalue weighted by atomic mass is 9.80. The van der Waals surface area contributed by atoms with Gasteiger partial charge in [0, 0.05) is 17.8 Å². The quantitative estimate of drug-likeness (QED) is 0.662. The Hall–Kier alpha value is -2.10. The Labute approximate surface area is 162 Å². The smallest absolute Gasteiger partial charge is 0.0628 e. The molecule has 0 bridgehead atoms. The van der Waals surface area contributed by atoms with Crippen molar-refractivity contribution in [3.63, 3.8) is 0 Å². The highest BCUT2D eigenvalue weighted by Crippen LogP contribution is 2.34. The number of benzene rings is 2. The molecule has 3 heteroatoms. The van der Waals surface area contributed by atoms with Crippen LogP contribution in [-0.2, 0) is 6.42 Å². The normalized spacial score (nSPS) is 22.1. The third-order valence-electron chi connectivity index (χ3n) is 6.31. The molecule has 1 aliphatic rings. The van der Waals surface area contributed by atoms with Crippen molar-refractivity contribution >= 4 is 10.9 Å². The van der Waals surface area contributed by atoms with Crippen LogP contribution in [-0.4, -0.2) is 34.7 Å². The fourth-order valence-electron chi connectivity index (χ4n) is 4.76. The molecular weight excluding hydrogens is 332 g/mol. The number of likely N-dealkylation sites (tertiary alicyclic amines) is 1. The SMILES string of the molecule is CC[C@@H]1CN([C@@H](CO)c2ccccc2)CC[C@@H]1Cc1cc2ccccc2[nH]1. The molecule has 27 heavy (non-hydrogen) atoms. The third kappa shape index (κ3) is 3.95. The van der Waals surface area contributed by atoms with Crippen molar-refractivity contribution in [3.8, 4) is 0 Å². The molecule has 142 valence electrons. The lowest BCUT2D eigenvalue weighted by Crippen LogP contribution is -2.43. The number of nitrogens with one attached hydrogen (secondary N) is 1. The second kappa shape index (κ2) is 8.28. The van der Waals surface area contributed by atoms with Crippen molar-refractivity contribution in [3.05, 3.63) is 71.9 Å². The van der Waals surface area contributed by atoms with Gasteiger partial charge in [-0.05, 0) is 54.3 Å². The Morgan fingerprint density at radius 2 is 1.85 bits per heavy atom. The molecule has 1 aromatic heterocycles. The van der Waals surface area contributed by atoms with Crippen molar-refractivity contribution in [1.82, 2.24) is 9.88 Å². The minimum absolute atomic E-state index is 0.120. The Balaban J connectivity index is 1.46. The lowest BCUT2D eigenvalue weighted by molar-refractivity contribution is 0.0496. The van der Waals surface area contributed by atoms with Crippen LogP contribution < -0.4 is 0 Å². The molecule has 3 nitrogen and oxygen atoms in total. The molecule has 2 heterocycles. The summed E-state index contributed by atoms with van der Waals surface area (Å²) >= 11 is 0. The number of nitrogens with zero attached hydrogens (tertiary/aromatic N) is 1. The summed E-state index contributed by atoms with van der Waals surface area (Å²) in [5.74, 6) is 1.37. The van der Waals surface area contributed by atoms with E-state index in [0.717, 1.165) is 19.5 Å². The molecule has 2 aromatic carbocycles. The largest absolute Gasteiger partial charge is 0.394 e. The minimum Gasteiger partial charge on any atom is -0.394 e. The van der Waals surface area contributed by atoms with E-state index >= 15 is 0 Å². The van der Waals surface area contributed by atoms with E-state index in [1.165, 1.54) is 35.0 Å². The number of aliphatic hydroxyl groups is 1. The van der Waals surface area contributed by atoms with Gasteiger partial charge in [0.05, 0.1) is 12.6 Å². The monoisotopic (exact) mass is 362 g/mol. The van der Waals surface area contributed by atoms with E-state index in [2.05, 4.69) is 71.4 Å². The van der Waals surface area contributed by atoms with Crippen LogP contribution in [0, 0.1) is 11.8 Å². The summed E-state index contributed by atoms with van der Waals surface area (Å²) in [6.07, 6.45) is 3.50. The molecule has 1 aliphatic heterocycles. The summed E-state index contributed by atoms with van der Waals surface area (Å²) in [5.41, 5.74) is 3.82. The van der Waals surface area contributed by atoms with Crippen molar-refractivity contribution < 1.29 is 5.11 Å². The number of hydrogen-bond acceptors (Lipinski definition) is 2. The molecular formula is C24H30N2O. The van der Waals surface area contributed by atoms with E-state index in [-0.39, 0.29) is 12.6 Å². The molecule has 0 saturated carbocycles. The van der Waals surface area contributed by atoms with Crippen molar-refractivity contribution in [2.24, 2.45) is 11.8 Å². The Morgan fingerprint density at radius 1 is 1.07 bits per heavy atom.